The summed E-state index contributed by atoms with van der Waals surface area (Å²) in [7, 11) is 0. The molecule has 0 bridgehead atoms. The quantitative estimate of drug-likeness (QED) is 0.744. The molecule has 0 saturated heterocycles. The van der Waals surface area contributed by atoms with Gasteiger partial charge in [-0.3, -0.25) is 19.1 Å². The minimum atomic E-state index is -0.256. The third-order valence-corrected chi connectivity index (χ3v) is 4.00. The summed E-state index contributed by atoms with van der Waals surface area (Å²) >= 11 is 0. The summed E-state index contributed by atoms with van der Waals surface area (Å²) in [5.74, 6) is -0.491. The van der Waals surface area contributed by atoms with Crippen LogP contribution in [0.1, 0.15) is 40.7 Å². The molecule has 2 amide bonds. The highest BCUT2D eigenvalue weighted by atomic mass is 16.2. The van der Waals surface area contributed by atoms with Crippen LogP contribution >= 0.6 is 0 Å². The summed E-state index contributed by atoms with van der Waals surface area (Å²) in [6.45, 7) is 7.18. The van der Waals surface area contributed by atoms with Crippen LogP contribution in [0, 0.1) is 20.8 Å². The molecule has 0 radical (unpaired) electrons. The standard InChI is InChI=1S/C19H24N4O3/c1-12-6-5-7-16(10-12)21-17(25)8-9-20-18(26)11-23-14(3)19(15(4)24)13(2)22-23/h5-7,10H,8-9,11H2,1-4H3,(H,20,26)(H,21,25). The third kappa shape index (κ3) is 5.02. The number of ketones is 1. The molecule has 0 aliphatic rings. The monoisotopic (exact) mass is 356 g/mol. The lowest BCUT2D eigenvalue weighted by Gasteiger charge is -2.08. The molecular weight excluding hydrogens is 332 g/mol. The Balaban J connectivity index is 1.81. The van der Waals surface area contributed by atoms with E-state index in [1.54, 1.807) is 13.8 Å². The highest BCUT2D eigenvalue weighted by Crippen LogP contribution is 2.13. The Labute approximate surface area is 152 Å². The fourth-order valence-corrected chi connectivity index (χ4v) is 2.81. The zero-order chi connectivity index (χ0) is 19.3. The van der Waals surface area contributed by atoms with Gasteiger partial charge in [-0.1, -0.05) is 12.1 Å². The van der Waals surface area contributed by atoms with Crippen LogP contribution in [0.25, 0.3) is 0 Å². The zero-order valence-electron chi connectivity index (χ0n) is 15.5. The van der Waals surface area contributed by atoms with Gasteiger partial charge in [-0.05, 0) is 45.4 Å². The van der Waals surface area contributed by atoms with E-state index < -0.39 is 0 Å². The van der Waals surface area contributed by atoms with E-state index >= 15 is 0 Å². The largest absolute Gasteiger partial charge is 0.354 e. The summed E-state index contributed by atoms with van der Waals surface area (Å²) in [5.41, 5.74) is 3.63. The van der Waals surface area contributed by atoms with Crippen molar-refractivity contribution in [1.82, 2.24) is 15.1 Å². The molecule has 1 heterocycles. The van der Waals surface area contributed by atoms with Crippen molar-refractivity contribution in [2.45, 2.75) is 40.7 Å². The molecule has 0 spiro atoms. The van der Waals surface area contributed by atoms with Gasteiger partial charge in [-0.15, -0.1) is 0 Å². The first-order valence-corrected chi connectivity index (χ1v) is 8.46. The van der Waals surface area contributed by atoms with Crippen molar-refractivity contribution in [2.24, 2.45) is 0 Å². The Hall–Kier alpha value is -2.96. The number of Topliss-reactive ketones (excluding diaryl/α,β-unsaturated/α-hetero) is 1. The van der Waals surface area contributed by atoms with Crippen LogP contribution in [0.2, 0.25) is 0 Å². The molecule has 0 atom stereocenters. The van der Waals surface area contributed by atoms with Crippen molar-refractivity contribution < 1.29 is 14.4 Å². The van der Waals surface area contributed by atoms with Gasteiger partial charge in [-0.2, -0.15) is 5.10 Å². The normalized spacial score (nSPS) is 10.5. The van der Waals surface area contributed by atoms with E-state index in [9.17, 15) is 14.4 Å². The van der Waals surface area contributed by atoms with Crippen molar-refractivity contribution in [1.29, 1.82) is 0 Å². The maximum atomic E-state index is 12.1. The molecule has 0 fully saturated rings. The van der Waals surface area contributed by atoms with Crippen molar-refractivity contribution in [3.63, 3.8) is 0 Å². The zero-order valence-corrected chi connectivity index (χ0v) is 15.5. The van der Waals surface area contributed by atoms with Crippen molar-refractivity contribution in [3.8, 4) is 0 Å². The van der Waals surface area contributed by atoms with Gasteiger partial charge < -0.3 is 10.6 Å². The molecule has 26 heavy (non-hydrogen) atoms. The SMILES string of the molecule is CC(=O)c1c(C)nn(CC(=O)NCCC(=O)Nc2cccc(C)c2)c1C. The van der Waals surface area contributed by atoms with Gasteiger partial charge in [0.05, 0.1) is 11.3 Å². The summed E-state index contributed by atoms with van der Waals surface area (Å²) in [6, 6.07) is 7.52. The van der Waals surface area contributed by atoms with Crippen LogP contribution in [0.4, 0.5) is 5.69 Å². The summed E-state index contributed by atoms with van der Waals surface area (Å²) in [6.07, 6.45) is 0.176. The van der Waals surface area contributed by atoms with E-state index in [-0.39, 0.29) is 37.1 Å². The Kier molecular flexibility index (Phi) is 6.27. The molecule has 2 aromatic rings. The third-order valence-electron chi connectivity index (χ3n) is 4.00. The van der Waals surface area contributed by atoms with Gasteiger partial charge in [-0.25, -0.2) is 0 Å². The molecule has 0 saturated carbocycles. The molecule has 0 aliphatic heterocycles. The Morgan fingerprint density at radius 2 is 1.85 bits per heavy atom. The van der Waals surface area contributed by atoms with Gasteiger partial charge in [0.15, 0.2) is 5.78 Å². The number of amides is 2. The fourth-order valence-electron chi connectivity index (χ4n) is 2.81. The first-order valence-electron chi connectivity index (χ1n) is 8.46. The van der Waals surface area contributed by atoms with Crippen LogP contribution in [-0.4, -0.2) is 33.9 Å². The Morgan fingerprint density at radius 3 is 2.46 bits per heavy atom. The molecule has 7 nitrogen and oxygen atoms in total. The van der Waals surface area contributed by atoms with Crippen LogP contribution in [-0.2, 0) is 16.1 Å². The van der Waals surface area contributed by atoms with Gasteiger partial charge >= 0.3 is 0 Å². The van der Waals surface area contributed by atoms with E-state index in [1.165, 1.54) is 11.6 Å². The molecule has 2 rings (SSSR count). The Bertz CT molecular complexity index is 839. The number of nitrogens with one attached hydrogen (secondary N) is 2. The predicted octanol–water partition coefficient (Wildman–Crippen LogP) is 2.16. The van der Waals surface area contributed by atoms with Crippen LogP contribution in [0.3, 0.4) is 0 Å². The minimum Gasteiger partial charge on any atom is -0.354 e. The number of aromatic nitrogens is 2. The van der Waals surface area contributed by atoms with E-state index in [2.05, 4.69) is 15.7 Å². The van der Waals surface area contributed by atoms with E-state index in [0.717, 1.165) is 11.3 Å². The average molecular weight is 356 g/mol. The second kappa shape index (κ2) is 8.42. The number of anilines is 1. The summed E-state index contributed by atoms with van der Waals surface area (Å²) in [4.78, 5) is 35.6. The maximum Gasteiger partial charge on any atom is 0.241 e. The fraction of sp³-hybridized carbons (Fsp3) is 0.368. The Morgan fingerprint density at radius 1 is 1.12 bits per heavy atom. The van der Waals surface area contributed by atoms with Crippen LogP contribution in [0.15, 0.2) is 24.3 Å². The van der Waals surface area contributed by atoms with Crippen molar-refractivity contribution in [2.75, 3.05) is 11.9 Å². The van der Waals surface area contributed by atoms with Crippen LogP contribution in [0.5, 0.6) is 0 Å². The number of hydrogen-bond donors (Lipinski definition) is 2. The highest BCUT2D eigenvalue weighted by Gasteiger charge is 2.16. The van der Waals surface area contributed by atoms with Gasteiger partial charge in [0.25, 0.3) is 0 Å². The van der Waals surface area contributed by atoms with Crippen LogP contribution < -0.4 is 10.6 Å². The topological polar surface area (TPSA) is 93.1 Å². The summed E-state index contributed by atoms with van der Waals surface area (Å²) < 4.78 is 1.51. The molecule has 1 aromatic heterocycles. The number of nitrogens with zero attached hydrogens (tertiary/aromatic N) is 2. The number of hydrogen-bond acceptors (Lipinski definition) is 4. The lowest BCUT2D eigenvalue weighted by atomic mass is 10.1. The molecule has 2 N–H and O–H groups in total. The maximum absolute atomic E-state index is 12.1. The number of benzene rings is 1. The molecular formula is C19H24N4O3. The molecule has 0 aliphatic carbocycles. The first kappa shape index (κ1) is 19.4. The molecule has 1 aromatic carbocycles. The van der Waals surface area contributed by atoms with E-state index in [1.807, 2.05) is 31.2 Å². The lowest BCUT2D eigenvalue weighted by molar-refractivity contribution is -0.122. The second-order valence-corrected chi connectivity index (χ2v) is 6.28. The van der Waals surface area contributed by atoms with Crippen molar-refractivity contribution in [3.05, 3.63) is 46.8 Å². The van der Waals surface area contributed by atoms with Crippen molar-refractivity contribution >= 4 is 23.3 Å². The molecule has 138 valence electrons. The predicted molar refractivity (Wildman–Crippen MR) is 99.1 cm³/mol. The smallest absolute Gasteiger partial charge is 0.241 e. The number of carbonyl (C=O) groups is 3. The highest BCUT2D eigenvalue weighted by molar-refractivity contribution is 5.96. The number of rotatable bonds is 7. The summed E-state index contributed by atoms with van der Waals surface area (Å²) in [5, 5.41) is 9.73. The second-order valence-electron chi connectivity index (χ2n) is 6.28. The first-order chi connectivity index (χ1) is 12.3. The van der Waals surface area contributed by atoms with Gasteiger partial charge in [0.1, 0.15) is 6.54 Å². The molecule has 0 unspecified atom stereocenters. The van der Waals surface area contributed by atoms with E-state index in [0.29, 0.717) is 17.0 Å². The average Bonchev–Trinajstić information content (AvgIpc) is 2.81. The van der Waals surface area contributed by atoms with E-state index in [4.69, 9.17) is 0 Å². The number of aryl methyl sites for hydroxylation is 2. The number of carbonyl (C=O) groups excluding carboxylic acids is 3. The lowest BCUT2D eigenvalue weighted by Crippen LogP contribution is -2.31. The minimum absolute atomic E-state index is 0.0133. The molecule has 7 heteroatoms. The van der Waals surface area contributed by atoms with Gasteiger partial charge in [0, 0.05) is 24.3 Å². The van der Waals surface area contributed by atoms with Gasteiger partial charge in [0.2, 0.25) is 11.8 Å².